The van der Waals surface area contributed by atoms with Crippen LogP contribution in [0, 0.1) is 0 Å². The fourth-order valence-electron chi connectivity index (χ4n) is 1.85. The molecular formula is C11H18N2. The maximum absolute atomic E-state index is 3.42. The van der Waals surface area contributed by atoms with Crippen LogP contribution in [0.15, 0.2) is 30.3 Å². The lowest BCUT2D eigenvalue weighted by atomic mass is 10.0. The molecule has 0 amide bonds. The Morgan fingerprint density at radius 2 is 2.15 bits per heavy atom. The van der Waals surface area contributed by atoms with Crippen LogP contribution in [0.25, 0.3) is 0 Å². The van der Waals surface area contributed by atoms with Gasteiger partial charge in [-0.3, -0.25) is 4.90 Å². The summed E-state index contributed by atoms with van der Waals surface area (Å²) in [6.07, 6.45) is 0. The Balaban J connectivity index is 0.000000980. The first-order valence-electron chi connectivity index (χ1n) is 4.84. The van der Waals surface area contributed by atoms with E-state index in [1.807, 2.05) is 0 Å². The molecule has 2 rings (SSSR count). The molecule has 2 heteroatoms. The third-order valence-electron chi connectivity index (χ3n) is 2.70. The van der Waals surface area contributed by atoms with Crippen LogP contribution in [-0.4, -0.2) is 31.6 Å². The van der Waals surface area contributed by atoms with Crippen molar-refractivity contribution in [2.45, 2.75) is 6.04 Å². The van der Waals surface area contributed by atoms with Gasteiger partial charge in [0, 0.05) is 27.1 Å². The number of nitrogens with zero attached hydrogens (tertiary/aromatic N) is 1. The molecular weight excluding hydrogens is 160 g/mol. The van der Waals surface area contributed by atoms with Gasteiger partial charge >= 0.3 is 0 Å². The van der Waals surface area contributed by atoms with Crippen molar-refractivity contribution in [1.29, 1.82) is 0 Å². The second kappa shape index (κ2) is 3.90. The van der Waals surface area contributed by atoms with Crippen LogP contribution in [0.1, 0.15) is 13.0 Å². The highest BCUT2D eigenvalue weighted by Gasteiger charge is 2.19. The van der Waals surface area contributed by atoms with E-state index in [1.54, 1.807) is 0 Å². The van der Waals surface area contributed by atoms with Crippen molar-refractivity contribution in [3.8, 4) is 0 Å². The molecule has 1 saturated heterocycles. The molecule has 72 valence electrons. The predicted molar refractivity (Wildman–Crippen MR) is 56.8 cm³/mol. The van der Waals surface area contributed by atoms with Crippen molar-refractivity contribution in [3.63, 3.8) is 0 Å². The lowest BCUT2D eigenvalue weighted by Gasteiger charge is -2.33. The van der Waals surface area contributed by atoms with Crippen LogP contribution in [-0.2, 0) is 0 Å². The lowest BCUT2D eigenvalue weighted by molar-refractivity contribution is 0.202. The summed E-state index contributed by atoms with van der Waals surface area (Å²) in [5, 5.41) is 3.42. The monoisotopic (exact) mass is 178 g/mol. The lowest BCUT2D eigenvalue weighted by Crippen LogP contribution is -2.43. The normalized spacial score (nSPS) is 24.5. The van der Waals surface area contributed by atoms with E-state index < -0.39 is 0 Å². The van der Waals surface area contributed by atoms with Crippen molar-refractivity contribution < 1.29 is 1.43 Å². The molecule has 1 aliphatic rings. The Morgan fingerprint density at radius 3 is 2.85 bits per heavy atom. The molecule has 0 radical (unpaired) electrons. The Bertz CT molecular complexity index is 263. The van der Waals surface area contributed by atoms with Gasteiger partial charge in [0.15, 0.2) is 0 Å². The van der Waals surface area contributed by atoms with Crippen LogP contribution < -0.4 is 5.32 Å². The van der Waals surface area contributed by atoms with E-state index >= 15 is 0 Å². The van der Waals surface area contributed by atoms with Crippen LogP contribution in [0.4, 0.5) is 0 Å². The zero-order chi connectivity index (χ0) is 9.10. The smallest absolute Gasteiger partial charge is 0.0470 e. The maximum atomic E-state index is 3.42. The largest absolute Gasteiger partial charge is 0.314 e. The molecule has 1 aromatic carbocycles. The first-order chi connectivity index (χ1) is 6.38. The Hall–Kier alpha value is -0.860. The number of hydrogen-bond donors (Lipinski definition) is 1. The van der Waals surface area contributed by atoms with Gasteiger partial charge in [-0.1, -0.05) is 30.3 Å². The molecule has 0 saturated carbocycles. The topological polar surface area (TPSA) is 15.3 Å². The summed E-state index contributed by atoms with van der Waals surface area (Å²) in [4.78, 5) is 2.41. The molecule has 13 heavy (non-hydrogen) atoms. The predicted octanol–water partition coefficient (Wildman–Crippen LogP) is 1.51. The summed E-state index contributed by atoms with van der Waals surface area (Å²) in [5.74, 6) is 0. The maximum Gasteiger partial charge on any atom is 0.0470 e. The molecule has 0 aliphatic carbocycles. The van der Waals surface area contributed by atoms with Crippen molar-refractivity contribution in [3.05, 3.63) is 35.9 Å². The van der Waals surface area contributed by atoms with Gasteiger partial charge in [-0.15, -0.1) is 0 Å². The zero-order valence-electron chi connectivity index (χ0n) is 8.03. The average molecular weight is 178 g/mol. The number of piperazine rings is 1. The van der Waals surface area contributed by atoms with Gasteiger partial charge in [0.05, 0.1) is 0 Å². The van der Waals surface area contributed by atoms with Gasteiger partial charge in [-0.2, -0.15) is 0 Å². The molecule has 1 fully saturated rings. The molecule has 2 nitrogen and oxygen atoms in total. The number of nitrogens with one attached hydrogen (secondary N) is 1. The number of rotatable bonds is 1. The summed E-state index contributed by atoms with van der Waals surface area (Å²) in [5.41, 5.74) is 1.41. The number of likely N-dealkylation sites (N-methyl/N-ethyl adjacent to an activating group) is 1. The summed E-state index contributed by atoms with van der Waals surface area (Å²) in [7, 11) is 2.19. The Kier molecular flexibility index (Phi) is 2.62. The minimum atomic E-state index is 0. The highest BCUT2D eigenvalue weighted by atomic mass is 15.2. The van der Waals surface area contributed by atoms with Crippen molar-refractivity contribution >= 4 is 0 Å². The third kappa shape index (κ3) is 1.90. The van der Waals surface area contributed by atoms with Gasteiger partial charge in [0.25, 0.3) is 0 Å². The third-order valence-corrected chi connectivity index (χ3v) is 2.70. The van der Waals surface area contributed by atoms with E-state index in [0.29, 0.717) is 6.04 Å². The van der Waals surface area contributed by atoms with Crippen LogP contribution in [0.5, 0.6) is 0 Å². The summed E-state index contributed by atoms with van der Waals surface area (Å²) < 4.78 is 0. The van der Waals surface area contributed by atoms with Gasteiger partial charge in [-0.25, -0.2) is 0 Å². The van der Waals surface area contributed by atoms with Gasteiger partial charge in [0.1, 0.15) is 0 Å². The van der Waals surface area contributed by atoms with Crippen molar-refractivity contribution in [1.82, 2.24) is 10.2 Å². The Morgan fingerprint density at radius 1 is 1.38 bits per heavy atom. The molecule has 1 aromatic rings. The molecule has 1 aliphatic heterocycles. The first-order valence-corrected chi connectivity index (χ1v) is 4.84. The summed E-state index contributed by atoms with van der Waals surface area (Å²) >= 11 is 0. The quantitative estimate of drug-likeness (QED) is 0.701. The summed E-state index contributed by atoms with van der Waals surface area (Å²) in [6, 6.07) is 11.2. The Labute approximate surface area is 81.0 Å². The summed E-state index contributed by atoms with van der Waals surface area (Å²) in [6.45, 7) is 3.32. The average Bonchev–Trinajstić information content (AvgIpc) is 2.20. The van der Waals surface area contributed by atoms with Gasteiger partial charge in [-0.05, 0) is 12.6 Å². The first kappa shape index (κ1) is 8.73. The second-order valence-electron chi connectivity index (χ2n) is 3.61. The molecule has 1 atom stereocenters. The zero-order valence-corrected chi connectivity index (χ0v) is 8.03. The number of benzene rings is 1. The molecule has 0 aromatic heterocycles. The number of hydrogen-bond acceptors (Lipinski definition) is 2. The highest BCUT2D eigenvalue weighted by Crippen LogP contribution is 2.19. The standard InChI is InChI=1S/C11H16N2.H2/c1-13-8-7-12-9-11(13)10-5-3-2-4-6-10;/h2-6,11-12H,7-9H2,1H3;1H/t11-;/m0./s1. The minimum Gasteiger partial charge on any atom is -0.314 e. The van der Waals surface area contributed by atoms with E-state index in [2.05, 4.69) is 47.6 Å². The van der Waals surface area contributed by atoms with E-state index in [4.69, 9.17) is 0 Å². The van der Waals surface area contributed by atoms with E-state index in [0.717, 1.165) is 19.6 Å². The fourth-order valence-corrected chi connectivity index (χ4v) is 1.85. The molecule has 1 N–H and O–H groups in total. The van der Waals surface area contributed by atoms with Crippen molar-refractivity contribution in [2.24, 2.45) is 0 Å². The van der Waals surface area contributed by atoms with Gasteiger partial charge < -0.3 is 5.32 Å². The van der Waals surface area contributed by atoms with Crippen LogP contribution >= 0.6 is 0 Å². The van der Waals surface area contributed by atoms with E-state index in [9.17, 15) is 0 Å². The fraction of sp³-hybridized carbons (Fsp3) is 0.455. The minimum absolute atomic E-state index is 0. The highest BCUT2D eigenvalue weighted by molar-refractivity contribution is 5.19. The van der Waals surface area contributed by atoms with E-state index in [1.165, 1.54) is 5.56 Å². The van der Waals surface area contributed by atoms with E-state index in [-0.39, 0.29) is 1.43 Å². The second-order valence-corrected chi connectivity index (χ2v) is 3.61. The van der Waals surface area contributed by atoms with Crippen LogP contribution in [0.2, 0.25) is 0 Å². The molecule has 0 bridgehead atoms. The van der Waals surface area contributed by atoms with Crippen LogP contribution in [0.3, 0.4) is 0 Å². The molecule has 1 heterocycles. The molecule has 0 spiro atoms. The molecule has 0 unspecified atom stereocenters. The SMILES string of the molecule is CN1CCNC[C@H]1c1ccccc1.[HH]. The van der Waals surface area contributed by atoms with Gasteiger partial charge in [0.2, 0.25) is 0 Å². The van der Waals surface area contributed by atoms with Crippen molar-refractivity contribution in [2.75, 3.05) is 26.7 Å².